The van der Waals surface area contributed by atoms with Gasteiger partial charge in [0.25, 0.3) is 5.56 Å². The van der Waals surface area contributed by atoms with Crippen molar-refractivity contribution in [2.24, 2.45) is 0 Å². The van der Waals surface area contributed by atoms with Crippen LogP contribution in [0.3, 0.4) is 0 Å². The maximum atomic E-state index is 12.9. The van der Waals surface area contributed by atoms with E-state index in [-0.39, 0.29) is 23.1 Å². The predicted molar refractivity (Wildman–Crippen MR) is 135 cm³/mol. The highest BCUT2D eigenvalue weighted by atomic mass is 32.2. The molecule has 8 nitrogen and oxygen atoms in total. The average molecular weight is 498 g/mol. The number of aromatic nitrogens is 4. The summed E-state index contributed by atoms with van der Waals surface area (Å²) in [4.78, 5) is 23.4. The fraction of sp³-hybridized carbons (Fsp3) is 0.375. The lowest BCUT2D eigenvalue weighted by atomic mass is 10.1. The zero-order valence-corrected chi connectivity index (χ0v) is 21.0. The minimum atomic E-state index is -2.98. The summed E-state index contributed by atoms with van der Waals surface area (Å²) in [7, 11) is -1.00. The second-order valence-electron chi connectivity index (χ2n) is 9.03. The molecule has 178 valence electrons. The SMILES string of the molecule is Cc1nn(C2CCS(=O)(=O)C2)c(C)c1CN(C)Cc1nc2scc(-c3ccccc3)c2c(=O)[nH]1. The van der Waals surface area contributed by atoms with Crippen molar-refractivity contribution in [3.63, 3.8) is 0 Å². The Balaban J connectivity index is 1.36. The summed E-state index contributed by atoms with van der Waals surface area (Å²) in [5.41, 5.74) is 4.75. The lowest BCUT2D eigenvalue weighted by Gasteiger charge is -2.17. The van der Waals surface area contributed by atoms with Gasteiger partial charge >= 0.3 is 0 Å². The van der Waals surface area contributed by atoms with Gasteiger partial charge in [-0.15, -0.1) is 11.3 Å². The van der Waals surface area contributed by atoms with Crippen LogP contribution in [0, 0.1) is 13.8 Å². The number of nitrogens with one attached hydrogen (secondary N) is 1. The first-order valence-corrected chi connectivity index (χ1v) is 13.9. The number of fused-ring (bicyclic) bond motifs is 1. The Morgan fingerprint density at radius 2 is 1.97 bits per heavy atom. The fourth-order valence-corrected chi connectivity index (χ4v) is 7.39. The molecule has 1 aliphatic heterocycles. The number of hydrogen-bond donors (Lipinski definition) is 1. The molecule has 10 heteroatoms. The van der Waals surface area contributed by atoms with Crippen molar-refractivity contribution in [3.05, 3.63) is 68.8 Å². The Labute approximate surface area is 202 Å². The third kappa shape index (κ3) is 4.33. The lowest BCUT2D eigenvalue weighted by molar-refractivity contribution is 0.309. The van der Waals surface area contributed by atoms with E-state index in [0.717, 1.165) is 32.9 Å². The summed E-state index contributed by atoms with van der Waals surface area (Å²) in [5.74, 6) is 0.994. The van der Waals surface area contributed by atoms with Gasteiger partial charge in [-0.25, -0.2) is 13.4 Å². The van der Waals surface area contributed by atoms with Crippen LogP contribution in [0.2, 0.25) is 0 Å². The molecular weight excluding hydrogens is 470 g/mol. The van der Waals surface area contributed by atoms with Crippen molar-refractivity contribution in [1.29, 1.82) is 0 Å². The van der Waals surface area contributed by atoms with Gasteiger partial charge in [-0.3, -0.25) is 14.4 Å². The lowest BCUT2D eigenvalue weighted by Crippen LogP contribution is -2.22. The van der Waals surface area contributed by atoms with Gasteiger partial charge in [0.1, 0.15) is 10.7 Å². The number of nitrogens with zero attached hydrogens (tertiary/aromatic N) is 4. The van der Waals surface area contributed by atoms with E-state index in [9.17, 15) is 13.2 Å². The summed E-state index contributed by atoms with van der Waals surface area (Å²) < 4.78 is 25.7. The molecule has 0 saturated carbocycles. The van der Waals surface area contributed by atoms with Gasteiger partial charge in [0.05, 0.1) is 35.2 Å². The number of hydrogen-bond acceptors (Lipinski definition) is 7. The average Bonchev–Trinajstić information content (AvgIpc) is 3.46. The Bertz CT molecular complexity index is 1520. The molecule has 1 aliphatic rings. The molecule has 4 aromatic rings. The smallest absolute Gasteiger partial charge is 0.260 e. The van der Waals surface area contributed by atoms with Crippen LogP contribution in [0.1, 0.15) is 35.2 Å². The van der Waals surface area contributed by atoms with Gasteiger partial charge in [-0.05, 0) is 32.9 Å². The second kappa shape index (κ2) is 8.75. The van der Waals surface area contributed by atoms with Crippen LogP contribution in [0.4, 0.5) is 0 Å². The van der Waals surface area contributed by atoms with Crippen molar-refractivity contribution in [3.8, 4) is 11.1 Å². The van der Waals surface area contributed by atoms with Crippen LogP contribution < -0.4 is 5.56 Å². The highest BCUT2D eigenvalue weighted by Gasteiger charge is 2.31. The highest BCUT2D eigenvalue weighted by Crippen LogP contribution is 2.31. The number of aromatic amines is 1. The Morgan fingerprint density at radius 3 is 2.68 bits per heavy atom. The van der Waals surface area contributed by atoms with E-state index in [1.165, 1.54) is 11.3 Å². The first kappa shape index (κ1) is 22.9. The van der Waals surface area contributed by atoms with E-state index in [2.05, 4.69) is 15.0 Å². The van der Waals surface area contributed by atoms with Crippen LogP contribution in [-0.2, 0) is 22.9 Å². The minimum Gasteiger partial charge on any atom is -0.309 e. The molecule has 1 unspecified atom stereocenters. The molecule has 1 saturated heterocycles. The highest BCUT2D eigenvalue weighted by molar-refractivity contribution is 7.91. The molecule has 0 aliphatic carbocycles. The molecule has 4 heterocycles. The summed E-state index contributed by atoms with van der Waals surface area (Å²) in [6, 6.07) is 9.77. The minimum absolute atomic E-state index is 0.0965. The largest absolute Gasteiger partial charge is 0.309 e. The van der Waals surface area contributed by atoms with Crippen LogP contribution >= 0.6 is 11.3 Å². The zero-order valence-electron chi connectivity index (χ0n) is 19.4. The maximum Gasteiger partial charge on any atom is 0.260 e. The molecule has 1 aromatic carbocycles. The van der Waals surface area contributed by atoms with Crippen LogP contribution in [0.25, 0.3) is 21.3 Å². The fourth-order valence-electron chi connectivity index (χ4n) is 4.73. The Kier molecular flexibility index (Phi) is 5.91. The molecule has 1 fully saturated rings. The van der Waals surface area contributed by atoms with Gasteiger partial charge in [0, 0.05) is 28.7 Å². The van der Waals surface area contributed by atoms with Crippen molar-refractivity contribution in [2.45, 2.75) is 39.4 Å². The predicted octanol–water partition coefficient (Wildman–Crippen LogP) is 3.46. The van der Waals surface area contributed by atoms with Crippen molar-refractivity contribution in [2.75, 3.05) is 18.6 Å². The zero-order chi connectivity index (χ0) is 24.0. The molecule has 34 heavy (non-hydrogen) atoms. The first-order valence-electron chi connectivity index (χ1n) is 11.2. The van der Waals surface area contributed by atoms with E-state index in [4.69, 9.17) is 4.98 Å². The summed E-state index contributed by atoms with van der Waals surface area (Å²) in [6.07, 6.45) is 0.608. The summed E-state index contributed by atoms with van der Waals surface area (Å²) in [5, 5.41) is 7.27. The Hall–Kier alpha value is -2.82. The third-order valence-electron chi connectivity index (χ3n) is 6.45. The van der Waals surface area contributed by atoms with Crippen molar-refractivity contribution in [1.82, 2.24) is 24.6 Å². The molecular formula is C24H27N5O3S2. The summed E-state index contributed by atoms with van der Waals surface area (Å²) >= 11 is 1.48. The standard InChI is InChI=1S/C24H27N5O3S2/c1-15-19(16(2)29(27-15)18-9-10-34(31,32)14-18)11-28(3)12-21-25-23(30)22-20(13-33-24(22)26-21)17-7-5-4-6-8-17/h4-8,13,18H,9-12,14H2,1-3H3,(H,25,26,30). The topological polar surface area (TPSA) is 101 Å². The summed E-state index contributed by atoms with van der Waals surface area (Å²) in [6.45, 7) is 5.06. The second-order valence-corrected chi connectivity index (χ2v) is 12.1. The van der Waals surface area contributed by atoms with Crippen LogP contribution in [-0.4, -0.2) is 51.6 Å². The molecule has 0 bridgehead atoms. The van der Waals surface area contributed by atoms with Crippen LogP contribution in [0.5, 0.6) is 0 Å². The molecule has 0 spiro atoms. The molecule has 1 N–H and O–H groups in total. The van der Waals surface area contributed by atoms with Gasteiger partial charge in [0.2, 0.25) is 0 Å². The van der Waals surface area contributed by atoms with Gasteiger partial charge in [0.15, 0.2) is 9.84 Å². The number of H-pyrrole nitrogens is 1. The number of benzene rings is 1. The third-order valence-corrected chi connectivity index (χ3v) is 9.08. The molecule has 1 atom stereocenters. The van der Waals surface area contributed by atoms with E-state index in [1.807, 2.05) is 61.3 Å². The van der Waals surface area contributed by atoms with Gasteiger partial charge < -0.3 is 4.98 Å². The van der Waals surface area contributed by atoms with E-state index in [0.29, 0.717) is 30.7 Å². The Morgan fingerprint density at radius 1 is 1.21 bits per heavy atom. The molecule has 5 rings (SSSR count). The number of aryl methyl sites for hydroxylation is 1. The first-order chi connectivity index (χ1) is 16.2. The molecule has 0 radical (unpaired) electrons. The number of thiophene rings is 1. The van der Waals surface area contributed by atoms with Crippen molar-refractivity contribution >= 4 is 31.4 Å². The normalized spacial score (nSPS) is 17.7. The number of rotatable bonds is 6. The van der Waals surface area contributed by atoms with E-state index < -0.39 is 9.84 Å². The van der Waals surface area contributed by atoms with E-state index in [1.54, 1.807) is 0 Å². The monoisotopic (exact) mass is 497 g/mol. The van der Waals surface area contributed by atoms with Crippen molar-refractivity contribution < 1.29 is 8.42 Å². The maximum absolute atomic E-state index is 12.9. The van der Waals surface area contributed by atoms with Gasteiger partial charge in [-0.1, -0.05) is 30.3 Å². The van der Waals surface area contributed by atoms with E-state index >= 15 is 0 Å². The molecule has 3 aromatic heterocycles. The van der Waals surface area contributed by atoms with Gasteiger partial charge in [-0.2, -0.15) is 5.10 Å². The molecule has 0 amide bonds. The quantitative estimate of drug-likeness (QED) is 0.438. The van der Waals surface area contributed by atoms with Crippen LogP contribution in [0.15, 0.2) is 40.5 Å². The number of sulfone groups is 1.